The Balaban J connectivity index is 2.93. The minimum Gasteiger partial charge on any atom is -0.370 e. The molecule has 0 amide bonds. The first-order valence-electron chi connectivity index (χ1n) is 5.45. The van der Waals surface area contributed by atoms with Crippen LogP contribution in [0.15, 0.2) is 4.52 Å². The van der Waals surface area contributed by atoms with Gasteiger partial charge in [0.2, 0.25) is 11.7 Å². The highest BCUT2D eigenvalue weighted by molar-refractivity contribution is 6.20. The van der Waals surface area contributed by atoms with Gasteiger partial charge in [-0.25, -0.2) is 0 Å². The number of hydrogen-bond acceptors (Lipinski definition) is 4. The van der Waals surface area contributed by atoms with E-state index in [2.05, 4.69) is 30.9 Å². The molecule has 2 unspecified atom stereocenters. The van der Waals surface area contributed by atoms with E-state index in [4.69, 9.17) is 20.9 Å². The number of halogens is 1. The van der Waals surface area contributed by atoms with Gasteiger partial charge in [-0.2, -0.15) is 4.98 Å². The topological polar surface area (TPSA) is 48.2 Å². The van der Waals surface area contributed by atoms with Crippen LogP contribution in [0.2, 0.25) is 0 Å². The summed E-state index contributed by atoms with van der Waals surface area (Å²) < 4.78 is 10.7. The molecule has 1 aromatic heterocycles. The zero-order valence-corrected chi connectivity index (χ0v) is 11.2. The van der Waals surface area contributed by atoms with Crippen LogP contribution in [0, 0.1) is 5.41 Å². The Morgan fingerprint density at radius 2 is 2.06 bits per heavy atom. The molecule has 2 atom stereocenters. The number of hydrogen-bond donors (Lipinski definition) is 0. The summed E-state index contributed by atoms with van der Waals surface area (Å²) in [4.78, 5) is 4.26. The lowest BCUT2D eigenvalue weighted by Crippen LogP contribution is -2.22. The molecule has 4 nitrogen and oxygen atoms in total. The lowest BCUT2D eigenvalue weighted by molar-refractivity contribution is -0.0203. The second-order valence-electron chi connectivity index (χ2n) is 4.81. The van der Waals surface area contributed by atoms with Crippen LogP contribution in [-0.4, -0.2) is 16.7 Å². The van der Waals surface area contributed by atoms with E-state index in [9.17, 15) is 0 Å². The summed E-state index contributed by atoms with van der Waals surface area (Å²) in [5, 5.41) is 3.65. The molecule has 0 saturated heterocycles. The number of nitrogens with zero attached hydrogens (tertiary/aromatic N) is 2. The predicted molar refractivity (Wildman–Crippen MR) is 62.4 cm³/mol. The summed E-state index contributed by atoms with van der Waals surface area (Å²) in [6.45, 7) is 10.6. The zero-order valence-electron chi connectivity index (χ0n) is 10.5. The van der Waals surface area contributed by atoms with Crippen LogP contribution in [0.4, 0.5) is 0 Å². The Morgan fingerprint density at radius 3 is 2.44 bits per heavy atom. The lowest BCUT2D eigenvalue weighted by atomic mass is 9.88. The van der Waals surface area contributed by atoms with Crippen molar-refractivity contribution in [3.8, 4) is 0 Å². The van der Waals surface area contributed by atoms with Crippen molar-refractivity contribution in [1.82, 2.24) is 10.1 Å². The Morgan fingerprint density at radius 1 is 1.44 bits per heavy atom. The highest BCUT2D eigenvalue weighted by Gasteiger charge is 2.31. The highest BCUT2D eigenvalue weighted by Crippen LogP contribution is 2.35. The number of alkyl halides is 1. The van der Waals surface area contributed by atoms with Gasteiger partial charge in [0.15, 0.2) is 0 Å². The van der Waals surface area contributed by atoms with E-state index in [0.29, 0.717) is 18.3 Å². The molecule has 0 spiro atoms. The van der Waals surface area contributed by atoms with E-state index >= 15 is 0 Å². The molecule has 1 rings (SSSR count). The van der Waals surface area contributed by atoms with Gasteiger partial charge < -0.3 is 9.26 Å². The summed E-state index contributed by atoms with van der Waals surface area (Å²) in [5.74, 6) is 1.00. The van der Waals surface area contributed by atoms with Gasteiger partial charge >= 0.3 is 0 Å². The van der Waals surface area contributed by atoms with Crippen molar-refractivity contribution in [3.05, 3.63) is 11.7 Å². The molecule has 0 radical (unpaired) electrons. The summed E-state index contributed by atoms with van der Waals surface area (Å²) in [6.07, 6.45) is -0.176. The van der Waals surface area contributed by atoms with Gasteiger partial charge in [0.05, 0.1) is 0 Å². The van der Waals surface area contributed by atoms with E-state index in [1.54, 1.807) is 6.92 Å². The van der Waals surface area contributed by atoms with Crippen LogP contribution in [0.5, 0.6) is 0 Å². The molecule has 1 aromatic rings. The molecule has 16 heavy (non-hydrogen) atoms. The molecule has 1 heterocycles. The SMILES string of the molecule is CCOC(c1noc(C(C)Cl)n1)C(C)(C)C. The quantitative estimate of drug-likeness (QED) is 0.763. The average molecular weight is 247 g/mol. The normalized spacial score (nSPS) is 16.1. The summed E-state index contributed by atoms with van der Waals surface area (Å²) in [6, 6.07) is 0. The van der Waals surface area contributed by atoms with E-state index in [1.165, 1.54) is 0 Å². The van der Waals surface area contributed by atoms with E-state index < -0.39 is 0 Å². The molecule has 0 saturated carbocycles. The fourth-order valence-electron chi connectivity index (χ4n) is 1.39. The van der Waals surface area contributed by atoms with Crippen LogP contribution < -0.4 is 0 Å². The zero-order chi connectivity index (χ0) is 12.3. The van der Waals surface area contributed by atoms with Crippen LogP contribution >= 0.6 is 11.6 Å². The summed E-state index contributed by atoms with van der Waals surface area (Å²) in [5.41, 5.74) is -0.0767. The smallest absolute Gasteiger partial charge is 0.244 e. The van der Waals surface area contributed by atoms with E-state index in [1.807, 2.05) is 6.92 Å². The minimum atomic E-state index is -0.275. The van der Waals surface area contributed by atoms with Gasteiger partial charge in [0.25, 0.3) is 0 Å². The van der Waals surface area contributed by atoms with Gasteiger partial charge in [-0.05, 0) is 19.3 Å². The molecule has 0 aliphatic rings. The molecular weight excluding hydrogens is 228 g/mol. The number of ether oxygens (including phenoxy) is 1. The largest absolute Gasteiger partial charge is 0.370 e. The standard InChI is InChI=1S/C11H19ClN2O2/c1-6-15-8(11(3,4)5)9-13-10(7(2)12)16-14-9/h7-8H,6H2,1-5H3. The van der Waals surface area contributed by atoms with E-state index in [-0.39, 0.29) is 16.9 Å². The third kappa shape index (κ3) is 3.19. The van der Waals surface area contributed by atoms with Crippen molar-refractivity contribution in [2.75, 3.05) is 6.61 Å². The maximum Gasteiger partial charge on any atom is 0.244 e. The van der Waals surface area contributed by atoms with Crippen molar-refractivity contribution in [2.24, 2.45) is 5.41 Å². The molecule has 0 N–H and O–H groups in total. The third-order valence-corrected chi connectivity index (χ3v) is 2.34. The molecule has 0 aliphatic carbocycles. The Bertz CT molecular complexity index is 331. The first-order chi connectivity index (χ1) is 7.36. The molecule has 0 aliphatic heterocycles. The predicted octanol–water partition coefficient (Wildman–Crippen LogP) is 3.49. The van der Waals surface area contributed by atoms with E-state index in [0.717, 1.165) is 0 Å². The van der Waals surface area contributed by atoms with Gasteiger partial charge in [-0.15, -0.1) is 11.6 Å². The first kappa shape index (κ1) is 13.5. The lowest BCUT2D eigenvalue weighted by Gasteiger charge is -2.27. The third-order valence-electron chi connectivity index (χ3n) is 2.15. The van der Waals surface area contributed by atoms with Crippen LogP contribution in [0.3, 0.4) is 0 Å². The number of rotatable bonds is 4. The van der Waals surface area contributed by atoms with Gasteiger partial charge in [0, 0.05) is 6.61 Å². The maximum absolute atomic E-state index is 5.88. The molecule has 5 heteroatoms. The summed E-state index contributed by atoms with van der Waals surface area (Å²) >= 11 is 5.88. The van der Waals surface area contributed by atoms with Crippen LogP contribution in [0.25, 0.3) is 0 Å². The van der Waals surface area contributed by atoms with Crippen molar-refractivity contribution >= 4 is 11.6 Å². The number of aromatic nitrogens is 2. The van der Waals surface area contributed by atoms with Gasteiger partial charge in [-0.1, -0.05) is 25.9 Å². The Kier molecular flexibility index (Phi) is 4.33. The minimum absolute atomic E-state index is 0.0767. The van der Waals surface area contributed by atoms with Gasteiger partial charge in [0.1, 0.15) is 11.5 Å². The van der Waals surface area contributed by atoms with Gasteiger partial charge in [-0.3, -0.25) is 0 Å². The Labute approximate surface area is 101 Å². The van der Waals surface area contributed by atoms with Crippen LogP contribution in [0.1, 0.15) is 57.8 Å². The molecule has 0 bridgehead atoms. The molecule has 0 aromatic carbocycles. The van der Waals surface area contributed by atoms with Crippen molar-refractivity contribution < 1.29 is 9.26 Å². The fraction of sp³-hybridized carbons (Fsp3) is 0.818. The van der Waals surface area contributed by atoms with Crippen molar-refractivity contribution in [2.45, 2.75) is 46.1 Å². The van der Waals surface area contributed by atoms with Crippen molar-refractivity contribution in [3.63, 3.8) is 0 Å². The summed E-state index contributed by atoms with van der Waals surface area (Å²) in [7, 11) is 0. The highest BCUT2D eigenvalue weighted by atomic mass is 35.5. The monoisotopic (exact) mass is 246 g/mol. The first-order valence-corrected chi connectivity index (χ1v) is 5.89. The fourth-order valence-corrected chi connectivity index (χ4v) is 1.48. The van der Waals surface area contributed by atoms with Crippen LogP contribution in [-0.2, 0) is 4.74 Å². The molecular formula is C11H19ClN2O2. The second kappa shape index (κ2) is 5.15. The second-order valence-corrected chi connectivity index (χ2v) is 5.46. The van der Waals surface area contributed by atoms with Crippen molar-refractivity contribution in [1.29, 1.82) is 0 Å². The molecule has 0 fully saturated rings. The maximum atomic E-state index is 5.88. The average Bonchev–Trinajstić information content (AvgIpc) is 2.60. The molecule has 92 valence electrons. The Hall–Kier alpha value is -0.610.